The molecule has 0 aliphatic rings. The topological polar surface area (TPSA) is 82.3 Å². The van der Waals surface area contributed by atoms with Crippen molar-refractivity contribution >= 4 is 63.2 Å². The van der Waals surface area contributed by atoms with E-state index in [1.807, 2.05) is 60.0 Å². The second-order valence-electron chi connectivity index (χ2n) is 6.95. The van der Waals surface area contributed by atoms with E-state index in [1.54, 1.807) is 36.4 Å². The van der Waals surface area contributed by atoms with Crippen molar-refractivity contribution in [3.05, 3.63) is 107 Å². The normalized spacial score (nSPS) is 10.2. The molecule has 0 aliphatic heterocycles. The van der Waals surface area contributed by atoms with Crippen LogP contribution in [-0.4, -0.2) is 16.9 Å². The van der Waals surface area contributed by atoms with Crippen molar-refractivity contribution in [1.29, 1.82) is 0 Å². The van der Waals surface area contributed by atoms with Crippen LogP contribution in [0, 0.1) is 0 Å². The Morgan fingerprint density at radius 3 is 2.06 bits per heavy atom. The van der Waals surface area contributed by atoms with Gasteiger partial charge >= 0.3 is 0 Å². The molecule has 3 aromatic carbocycles. The quantitative estimate of drug-likeness (QED) is 0.264. The molecule has 0 fully saturated rings. The number of para-hydroxylation sites is 2. The van der Waals surface area contributed by atoms with Crippen LogP contribution < -0.4 is 21.3 Å². The molecular weight excluding hydrogens is 452 g/mol. The van der Waals surface area contributed by atoms with Crippen molar-refractivity contribution in [3.8, 4) is 0 Å². The van der Waals surface area contributed by atoms with E-state index < -0.39 is 0 Å². The monoisotopic (exact) mass is 472 g/mol. The van der Waals surface area contributed by atoms with Crippen LogP contribution in [0.4, 0.5) is 22.7 Å². The Labute approximate surface area is 200 Å². The molecule has 0 spiro atoms. The fraction of sp³-hybridized carbons (Fsp3) is 0. The van der Waals surface area contributed by atoms with E-state index in [0.29, 0.717) is 21.8 Å². The fourth-order valence-electron chi connectivity index (χ4n) is 3.04. The summed E-state index contributed by atoms with van der Waals surface area (Å²) in [4.78, 5) is 25.7. The highest BCUT2D eigenvalue weighted by Crippen LogP contribution is 2.21. The first-order chi connectivity index (χ1) is 16.1. The summed E-state index contributed by atoms with van der Waals surface area (Å²) < 4.78 is 0. The Morgan fingerprint density at radius 2 is 1.33 bits per heavy atom. The van der Waals surface area contributed by atoms with Gasteiger partial charge in [0.05, 0.1) is 16.1 Å². The van der Waals surface area contributed by atoms with E-state index in [2.05, 4.69) is 21.3 Å². The summed E-state index contributed by atoms with van der Waals surface area (Å²) in [5, 5.41) is 13.7. The maximum Gasteiger partial charge on any atom is 0.267 e. The van der Waals surface area contributed by atoms with Gasteiger partial charge in [-0.1, -0.05) is 36.4 Å². The molecular formula is C25H20N4O2S2. The largest absolute Gasteiger partial charge is 0.356 e. The molecule has 4 aromatic rings. The molecule has 8 heteroatoms. The van der Waals surface area contributed by atoms with Crippen molar-refractivity contribution in [3.63, 3.8) is 0 Å². The first-order valence-corrected chi connectivity index (χ1v) is 11.4. The maximum atomic E-state index is 12.9. The van der Waals surface area contributed by atoms with Gasteiger partial charge in [0.15, 0.2) is 5.11 Å². The van der Waals surface area contributed by atoms with Crippen LogP contribution in [0.3, 0.4) is 0 Å². The third kappa shape index (κ3) is 6.03. The number of nitrogens with one attached hydrogen (secondary N) is 4. The van der Waals surface area contributed by atoms with Gasteiger partial charge in [-0.2, -0.15) is 0 Å². The predicted octanol–water partition coefficient (Wildman–Crippen LogP) is 5.87. The van der Waals surface area contributed by atoms with Crippen molar-refractivity contribution in [2.45, 2.75) is 0 Å². The summed E-state index contributed by atoms with van der Waals surface area (Å²) in [6.45, 7) is 0. The summed E-state index contributed by atoms with van der Waals surface area (Å²) in [7, 11) is 0. The molecule has 1 aromatic heterocycles. The molecule has 4 rings (SSSR count). The summed E-state index contributed by atoms with van der Waals surface area (Å²) >= 11 is 6.57. The molecule has 1 heterocycles. The van der Waals surface area contributed by atoms with E-state index in [4.69, 9.17) is 12.2 Å². The molecule has 6 nitrogen and oxygen atoms in total. The number of hydrogen-bond acceptors (Lipinski definition) is 5. The Kier molecular flexibility index (Phi) is 7.09. The highest BCUT2D eigenvalue weighted by Gasteiger charge is 2.14. The smallest absolute Gasteiger partial charge is 0.267 e. The van der Waals surface area contributed by atoms with Crippen LogP contribution in [0.5, 0.6) is 0 Å². The number of benzene rings is 3. The van der Waals surface area contributed by atoms with Gasteiger partial charge < -0.3 is 16.0 Å². The van der Waals surface area contributed by atoms with E-state index in [1.165, 1.54) is 11.3 Å². The maximum absolute atomic E-state index is 12.9. The fourth-order valence-corrected chi connectivity index (χ4v) is 3.86. The standard InChI is InChI=1S/C25H20N4O2S2/c30-23(27-19-14-12-18(13-15-19)26-17-7-2-1-3-8-17)20-9-4-5-10-21(20)28-25(32)29-24(31)22-11-6-16-33-22/h1-16,26H,(H,27,30)(H2,28,29,31,32). The zero-order valence-corrected chi connectivity index (χ0v) is 19.0. The van der Waals surface area contributed by atoms with Gasteiger partial charge in [0.25, 0.3) is 11.8 Å². The number of carbonyl (C=O) groups excluding carboxylic acids is 2. The Hall–Kier alpha value is -4.01. The van der Waals surface area contributed by atoms with Gasteiger partial charge in [-0.05, 0) is 72.2 Å². The number of anilines is 4. The molecule has 0 unspecified atom stereocenters. The number of rotatable bonds is 6. The van der Waals surface area contributed by atoms with Gasteiger partial charge in [-0.3, -0.25) is 14.9 Å². The highest BCUT2D eigenvalue weighted by atomic mass is 32.1. The summed E-state index contributed by atoms with van der Waals surface area (Å²) in [5.41, 5.74) is 3.44. The SMILES string of the molecule is O=C(NC(=S)Nc1ccccc1C(=O)Nc1ccc(Nc2ccccc2)cc1)c1cccs1. The van der Waals surface area contributed by atoms with Gasteiger partial charge in [0.2, 0.25) is 0 Å². The minimum atomic E-state index is -0.298. The number of thiophene rings is 1. The van der Waals surface area contributed by atoms with Crippen LogP contribution in [0.25, 0.3) is 0 Å². The molecule has 33 heavy (non-hydrogen) atoms. The lowest BCUT2D eigenvalue weighted by atomic mass is 10.1. The molecule has 0 aliphatic carbocycles. The molecule has 0 atom stereocenters. The van der Waals surface area contributed by atoms with Crippen LogP contribution >= 0.6 is 23.6 Å². The molecule has 2 amide bonds. The highest BCUT2D eigenvalue weighted by molar-refractivity contribution is 7.80. The molecule has 164 valence electrons. The van der Waals surface area contributed by atoms with Crippen LogP contribution in [0.2, 0.25) is 0 Å². The summed E-state index contributed by atoms with van der Waals surface area (Å²) in [6, 6.07) is 27.7. The van der Waals surface area contributed by atoms with E-state index in [0.717, 1.165) is 11.4 Å². The van der Waals surface area contributed by atoms with Crippen LogP contribution in [-0.2, 0) is 0 Å². The number of carbonyl (C=O) groups is 2. The number of amides is 2. The van der Waals surface area contributed by atoms with Gasteiger partial charge in [0, 0.05) is 17.1 Å². The third-order valence-electron chi connectivity index (χ3n) is 4.60. The summed E-state index contributed by atoms with van der Waals surface area (Å²) in [5.74, 6) is -0.595. The van der Waals surface area contributed by atoms with E-state index in [9.17, 15) is 9.59 Å². The Balaban J connectivity index is 1.39. The van der Waals surface area contributed by atoms with Gasteiger partial charge in [-0.15, -0.1) is 11.3 Å². The summed E-state index contributed by atoms with van der Waals surface area (Å²) in [6.07, 6.45) is 0. The van der Waals surface area contributed by atoms with E-state index in [-0.39, 0.29) is 16.9 Å². The average Bonchev–Trinajstić information content (AvgIpc) is 3.37. The van der Waals surface area contributed by atoms with Crippen LogP contribution in [0.15, 0.2) is 96.4 Å². The van der Waals surface area contributed by atoms with Crippen molar-refractivity contribution in [1.82, 2.24) is 5.32 Å². The third-order valence-corrected chi connectivity index (χ3v) is 5.67. The van der Waals surface area contributed by atoms with Crippen molar-refractivity contribution < 1.29 is 9.59 Å². The zero-order valence-electron chi connectivity index (χ0n) is 17.4. The second kappa shape index (κ2) is 10.5. The van der Waals surface area contributed by atoms with Gasteiger partial charge in [-0.25, -0.2) is 0 Å². The van der Waals surface area contributed by atoms with E-state index >= 15 is 0 Å². The zero-order chi connectivity index (χ0) is 23.0. The van der Waals surface area contributed by atoms with Gasteiger partial charge in [0.1, 0.15) is 0 Å². The second-order valence-corrected chi connectivity index (χ2v) is 8.31. The first-order valence-electron chi connectivity index (χ1n) is 10.1. The lowest BCUT2D eigenvalue weighted by molar-refractivity contribution is 0.0980. The Bertz CT molecular complexity index is 1260. The molecule has 0 saturated heterocycles. The van der Waals surface area contributed by atoms with Crippen molar-refractivity contribution in [2.75, 3.05) is 16.0 Å². The van der Waals surface area contributed by atoms with Crippen molar-refractivity contribution in [2.24, 2.45) is 0 Å². The average molecular weight is 473 g/mol. The first kappa shape index (κ1) is 22.2. The minimum absolute atomic E-state index is 0.116. The van der Waals surface area contributed by atoms with Crippen LogP contribution in [0.1, 0.15) is 20.0 Å². The predicted molar refractivity (Wildman–Crippen MR) is 139 cm³/mol. The number of hydrogen-bond donors (Lipinski definition) is 4. The minimum Gasteiger partial charge on any atom is -0.356 e. The number of thiocarbonyl (C=S) groups is 1. The lowest BCUT2D eigenvalue weighted by Crippen LogP contribution is -2.34. The molecule has 0 saturated carbocycles. The molecule has 4 N–H and O–H groups in total. The molecule has 0 bridgehead atoms. The molecule has 0 radical (unpaired) electrons. The lowest BCUT2D eigenvalue weighted by Gasteiger charge is -2.14. The Morgan fingerprint density at radius 1 is 0.667 bits per heavy atom.